The smallest absolute Gasteiger partial charge is 0.229 e. The van der Waals surface area contributed by atoms with Gasteiger partial charge in [0, 0.05) is 51.6 Å². The number of para-hydroxylation sites is 1. The number of hydrogen-bond acceptors (Lipinski definition) is 7. The molecule has 0 aliphatic carbocycles. The molecule has 1 fully saturated rings. The number of amides is 1. The molecular formula is C26H29N7O2. The number of rotatable bonds is 6. The number of anilines is 4. The van der Waals surface area contributed by atoms with Gasteiger partial charge in [0.15, 0.2) is 0 Å². The first-order valence-corrected chi connectivity index (χ1v) is 11.6. The number of carbonyl (C=O) groups is 1. The molecule has 0 unspecified atom stereocenters. The highest BCUT2D eigenvalue weighted by atomic mass is 16.5. The highest BCUT2D eigenvalue weighted by molar-refractivity contribution is 5.95. The number of hydrogen-bond donors (Lipinski definition) is 2. The van der Waals surface area contributed by atoms with Crippen molar-refractivity contribution < 1.29 is 9.53 Å². The Morgan fingerprint density at radius 1 is 1.03 bits per heavy atom. The third-order valence-corrected chi connectivity index (χ3v) is 6.21. The summed E-state index contributed by atoms with van der Waals surface area (Å²) in [7, 11) is 3.75. The zero-order chi connectivity index (χ0) is 24.4. The minimum absolute atomic E-state index is 0.130. The van der Waals surface area contributed by atoms with E-state index in [1.807, 2.05) is 41.1 Å². The number of fused-ring (bicyclic) bond motifs is 1. The second kappa shape index (κ2) is 9.63. The number of methoxy groups -OCH3 is 1. The molecule has 1 amide bonds. The fourth-order valence-electron chi connectivity index (χ4n) is 4.38. The van der Waals surface area contributed by atoms with Crippen molar-refractivity contribution in [1.82, 2.24) is 19.4 Å². The molecule has 35 heavy (non-hydrogen) atoms. The highest BCUT2D eigenvalue weighted by Gasteiger charge is 2.21. The van der Waals surface area contributed by atoms with Crippen molar-refractivity contribution in [2.75, 3.05) is 55.9 Å². The predicted molar refractivity (Wildman–Crippen MR) is 139 cm³/mol. The standard InChI is InChI=1S/C26H29N7O2/c1-18(34)28-20-16-21(24(35-3)17-23(20)32-14-12-31(2)13-15-32)29-26-27-10-8-25(30-26)33-11-9-19-6-4-5-7-22(19)33/h4-11,16-17H,12-15H2,1-3H3,(H,28,34)(H,27,29,30). The van der Waals surface area contributed by atoms with Crippen molar-refractivity contribution in [1.29, 1.82) is 0 Å². The van der Waals surface area contributed by atoms with Gasteiger partial charge in [0.25, 0.3) is 0 Å². The predicted octanol–water partition coefficient (Wildman–Crippen LogP) is 3.88. The van der Waals surface area contributed by atoms with E-state index < -0.39 is 0 Å². The Bertz CT molecular complexity index is 1360. The van der Waals surface area contributed by atoms with Crippen LogP contribution in [0.2, 0.25) is 0 Å². The van der Waals surface area contributed by atoms with Crippen LogP contribution in [0.15, 0.2) is 60.9 Å². The molecule has 1 saturated heterocycles. The van der Waals surface area contributed by atoms with Gasteiger partial charge in [0.2, 0.25) is 11.9 Å². The topological polar surface area (TPSA) is 87.5 Å². The van der Waals surface area contributed by atoms with Gasteiger partial charge in [-0.1, -0.05) is 18.2 Å². The molecule has 0 atom stereocenters. The van der Waals surface area contributed by atoms with Gasteiger partial charge in [0.05, 0.1) is 29.7 Å². The minimum atomic E-state index is -0.130. The lowest BCUT2D eigenvalue weighted by Crippen LogP contribution is -2.44. The Kier molecular flexibility index (Phi) is 6.24. The van der Waals surface area contributed by atoms with Crippen molar-refractivity contribution in [2.24, 2.45) is 0 Å². The molecule has 9 nitrogen and oxygen atoms in total. The van der Waals surface area contributed by atoms with Gasteiger partial charge in [-0.2, -0.15) is 4.98 Å². The third-order valence-electron chi connectivity index (χ3n) is 6.21. The summed E-state index contributed by atoms with van der Waals surface area (Å²) in [6.45, 7) is 5.16. The largest absolute Gasteiger partial charge is 0.494 e. The lowest BCUT2D eigenvalue weighted by molar-refractivity contribution is -0.114. The van der Waals surface area contributed by atoms with Crippen molar-refractivity contribution >= 4 is 39.8 Å². The fourth-order valence-corrected chi connectivity index (χ4v) is 4.38. The van der Waals surface area contributed by atoms with Gasteiger partial charge in [-0.3, -0.25) is 4.79 Å². The van der Waals surface area contributed by atoms with Crippen LogP contribution in [-0.2, 0) is 4.79 Å². The van der Waals surface area contributed by atoms with E-state index in [1.165, 1.54) is 6.92 Å². The van der Waals surface area contributed by atoms with Crippen LogP contribution < -0.4 is 20.3 Å². The third kappa shape index (κ3) is 4.76. The van der Waals surface area contributed by atoms with E-state index in [4.69, 9.17) is 9.72 Å². The molecule has 1 aliphatic rings. The second-order valence-electron chi connectivity index (χ2n) is 8.65. The van der Waals surface area contributed by atoms with Crippen molar-refractivity contribution in [3.8, 4) is 11.6 Å². The summed E-state index contributed by atoms with van der Waals surface area (Å²) in [5.41, 5.74) is 3.39. The molecule has 9 heteroatoms. The molecule has 0 saturated carbocycles. The maximum Gasteiger partial charge on any atom is 0.229 e. The molecule has 180 valence electrons. The van der Waals surface area contributed by atoms with Gasteiger partial charge in [-0.25, -0.2) is 4.98 Å². The molecular weight excluding hydrogens is 442 g/mol. The monoisotopic (exact) mass is 471 g/mol. The van der Waals surface area contributed by atoms with Crippen LogP contribution in [0.1, 0.15) is 6.92 Å². The number of likely N-dealkylation sites (N-methyl/N-ethyl adjacent to an activating group) is 1. The number of aromatic nitrogens is 3. The number of benzene rings is 2. The molecule has 0 radical (unpaired) electrons. The number of nitrogens with zero attached hydrogens (tertiary/aromatic N) is 5. The normalized spacial score (nSPS) is 14.2. The van der Waals surface area contributed by atoms with Crippen LogP contribution in [-0.4, -0.2) is 65.7 Å². The lowest BCUT2D eigenvalue weighted by atomic mass is 10.1. The van der Waals surface area contributed by atoms with E-state index in [0.717, 1.165) is 54.3 Å². The van der Waals surface area contributed by atoms with E-state index in [2.05, 4.69) is 50.7 Å². The number of nitrogens with one attached hydrogen (secondary N) is 2. The Labute approximate surface area is 204 Å². The van der Waals surface area contributed by atoms with Gasteiger partial charge < -0.3 is 29.7 Å². The molecule has 2 N–H and O–H groups in total. The Morgan fingerprint density at radius 2 is 1.83 bits per heavy atom. The summed E-state index contributed by atoms with van der Waals surface area (Å²) in [5.74, 6) is 1.70. The summed E-state index contributed by atoms with van der Waals surface area (Å²) < 4.78 is 7.74. The summed E-state index contributed by atoms with van der Waals surface area (Å²) in [6.07, 6.45) is 3.72. The quantitative estimate of drug-likeness (QED) is 0.441. The number of carbonyl (C=O) groups excluding carboxylic acids is 1. The SMILES string of the molecule is COc1cc(N2CCN(C)CC2)c(NC(C)=O)cc1Nc1nccc(-n2ccc3ccccc32)n1. The van der Waals surface area contributed by atoms with E-state index in [9.17, 15) is 4.79 Å². The maximum absolute atomic E-state index is 12.0. The molecule has 2 aromatic carbocycles. The van der Waals surface area contributed by atoms with Gasteiger partial charge in [0.1, 0.15) is 11.6 Å². The summed E-state index contributed by atoms with van der Waals surface area (Å²) >= 11 is 0. The van der Waals surface area contributed by atoms with E-state index in [1.54, 1.807) is 13.3 Å². The summed E-state index contributed by atoms with van der Waals surface area (Å²) in [5, 5.41) is 7.41. The van der Waals surface area contributed by atoms with Crippen LogP contribution in [0, 0.1) is 0 Å². The average Bonchev–Trinajstić information content (AvgIpc) is 3.29. The molecule has 1 aliphatic heterocycles. The average molecular weight is 472 g/mol. The Hall–Kier alpha value is -4.11. The van der Waals surface area contributed by atoms with Crippen LogP contribution in [0.5, 0.6) is 5.75 Å². The Balaban J connectivity index is 1.49. The second-order valence-corrected chi connectivity index (χ2v) is 8.65. The zero-order valence-corrected chi connectivity index (χ0v) is 20.2. The molecule has 3 heterocycles. The minimum Gasteiger partial charge on any atom is -0.494 e. The van der Waals surface area contributed by atoms with Crippen molar-refractivity contribution in [2.45, 2.75) is 6.92 Å². The maximum atomic E-state index is 12.0. The van der Waals surface area contributed by atoms with Gasteiger partial charge in [-0.05, 0) is 36.7 Å². The summed E-state index contributed by atoms with van der Waals surface area (Å²) in [4.78, 5) is 25.7. The van der Waals surface area contributed by atoms with Crippen molar-refractivity contribution in [3.05, 3.63) is 60.9 Å². The first kappa shape index (κ1) is 22.7. The van der Waals surface area contributed by atoms with Crippen LogP contribution in [0.3, 0.4) is 0 Å². The van der Waals surface area contributed by atoms with E-state index in [-0.39, 0.29) is 5.91 Å². The molecule has 2 aromatic heterocycles. The number of piperazine rings is 1. The summed E-state index contributed by atoms with van der Waals surface area (Å²) in [6, 6.07) is 15.9. The van der Waals surface area contributed by atoms with Gasteiger partial charge >= 0.3 is 0 Å². The first-order valence-electron chi connectivity index (χ1n) is 11.6. The molecule has 5 rings (SSSR count). The van der Waals surface area contributed by atoms with E-state index >= 15 is 0 Å². The highest BCUT2D eigenvalue weighted by Crippen LogP contribution is 2.38. The molecule has 4 aromatic rings. The molecule has 0 bridgehead atoms. The van der Waals surface area contributed by atoms with E-state index in [0.29, 0.717) is 17.4 Å². The molecule has 0 spiro atoms. The lowest BCUT2D eigenvalue weighted by Gasteiger charge is -2.35. The Morgan fingerprint density at radius 3 is 2.60 bits per heavy atom. The first-order chi connectivity index (χ1) is 17.0. The van der Waals surface area contributed by atoms with Gasteiger partial charge in [-0.15, -0.1) is 0 Å². The van der Waals surface area contributed by atoms with Crippen LogP contribution >= 0.6 is 0 Å². The van der Waals surface area contributed by atoms with Crippen molar-refractivity contribution in [3.63, 3.8) is 0 Å². The number of ether oxygens (including phenoxy) is 1. The van der Waals surface area contributed by atoms with Crippen LogP contribution in [0.4, 0.5) is 23.0 Å². The fraction of sp³-hybridized carbons (Fsp3) is 0.269. The zero-order valence-electron chi connectivity index (χ0n) is 20.2. The van der Waals surface area contributed by atoms with Crippen LogP contribution in [0.25, 0.3) is 16.7 Å².